The monoisotopic (exact) mass is 226 g/mol. The number of carbonyl (C=O) groups is 1. The summed E-state index contributed by atoms with van der Waals surface area (Å²) in [5.74, 6) is -1.36. The Bertz CT molecular complexity index is 377. The molecule has 0 spiro atoms. The smallest absolute Gasteiger partial charge is 0.306 e. The Balaban J connectivity index is 2.85. The van der Waals surface area contributed by atoms with Gasteiger partial charge in [0.05, 0.1) is 12.5 Å². The average Bonchev–Trinajstić information content (AvgIpc) is 2.23. The summed E-state index contributed by atoms with van der Waals surface area (Å²) in [5, 5.41) is 8.75. The van der Waals surface area contributed by atoms with Crippen molar-refractivity contribution in [3.8, 4) is 5.75 Å². The maximum Gasteiger partial charge on any atom is 0.306 e. The summed E-state index contributed by atoms with van der Waals surface area (Å²) in [6, 6.07) is 4.39. The van der Waals surface area contributed by atoms with Gasteiger partial charge in [0.2, 0.25) is 0 Å². The third kappa shape index (κ3) is 3.22. The zero-order valence-corrected chi connectivity index (χ0v) is 9.37. The number of ether oxygens (including phenoxy) is 1. The third-order valence-corrected chi connectivity index (χ3v) is 2.28. The Labute approximate surface area is 93.9 Å². The molecule has 0 heterocycles. The fourth-order valence-electron chi connectivity index (χ4n) is 1.38. The zero-order chi connectivity index (χ0) is 12.1. The Hall–Kier alpha value is -1.58. The van der Waals surface area contributed by atoms with E-state index in [2.05, 4.69) is 0 Å². The molecule has 88 valence electrons. The minimum atomic E-state index is -0.929. The zero-order valence-electron chi connectivity index (χ0n) is 9.37. The molecular formula is C12H15FO3. The highest BCUT2D eigenvalue weighted by molar-refractivity contribution is 5.69. The summed E-state index contributed by atoms with van der Waals surface area (Å²) in [4.78, 5) is 10.7. The Morgan fingerprint density at radius 3 is 2.81 bits per heavy atom. The summed E-state index contributed by atoms with van der Waals surface area (Å²) < 4.78 is 18.6. The van der Waals surface area contributed by atoms with Gasteiger partial charge in [0, 0.05) is 0 Å². The first-order valence-corrected chi connectivity index (χ1v) is 5.18. The van der Waals surface area contributed by atoms with Crippen LogP contribution in [0, 0.1) is 11.7 Å². The molecule has 0 aliphatic rings. The van der Waals surface area contributed by atoms with Crippen LogP contribution in [-0.4, -0.2) is 17.7 Å². The summed E-state index contributed by atoms with van der Waals surface area (Å²) in [6.45, 7) is 3.89. The van der Waals surface area contributed by atoms with E-state index in [0.717, 1.165) is 0 Å². The molecule has 4 heteroatoms. The maximum absolute atomic E-state index is 13.4. The number of hydrogen-bond acceptors (Lipinski definition) is 2. The Morgan fingerprint density at radius 1 is 1.56 bits per heavy atom. The van der Waals surface area contributed by atoms with Crippen molar-refractivity contribution in [1.82, 2.24) is 0 Å². The van der Waals surface area contributed by atoms with Crippen molar-refractivity contribution < 1.29 is 19.0 Å². The molecular weight excluding hydrogens is 211 g/mol. The van der Waals surface area contributed by atoms with Crippen molar-refractivity contribution in [2.24, 2.45) is 5.92 Å². The molecule has 0 amide bonds. The molecule has 1 N–H and O–H groups in total. The first kappa shape index (κ1) is 12.5. The van der Waals surface area contributed by atoms with Crippen molar-refractivity contribution in [2.45, 2.75) is 20.3 Å². The minimum Gasteiger partial charge on any atom is -0.494 e. The highest BCUT2D eigenvalue weighted by Gasteiger charge is 2.14. The molecule has 16 heavy (non-hydrogen) atoms. The topological polar surface area (TPSA) is 46.5 Å². The normalized spacial score (nSPS) is 12.2. The van der Waals surface area contributed by atoms with E-state index in [9.17, 15) is 9.18 Å². The van der Waals surface area contributed by atoms with E-state index >= 15 is 0 Å². The molecule has 1 rings (SSSR count). The number of halogens is 1. The Morgan fingerprint density at radius 2 is 2.25 bits per heavy atom. The van der Waals surface area contributed by atoms with Gasteiger partial charge < -0.3 is 9.84 Å². The fraction of sp³-hybridized carbons (Fsp3) is 0.417. The standard InChI is InChI=1S/C12H15FO3/c1-3-16-10-4-5-11(13)9(7-10)6-8(2)12(14)15/h4-5,7-8H,3,6H2,1-2H3,(H,14,15). The van der Waals surface area contributed by atoms with E-state index in [1.807, 2.05) is 6.92 Å². The number of carboxylic acid groups (broad SMARTS) is 1. The summed E-state index contributed by atoms with van der Waals surface area (Å²) in [7, 11) is 0. The molecule has 0 fully saturated rings. The van der Waals surface area contributed by atoms with Gasteiger partial charge >= 0.3 is 5.97 Å². The highest BCUT2D eigenvalue weighted by Crippen LogP contribution is 2.19. The second-order valence-electron chi connectivity index (χ2n) is 3.63. The van der Waals surface area contributed by atoms with Crippen molar-refractivity contribution in [2.75, 3.05) is 6.61 Å². The lowest BCUT2D eigenvalue weighted by Crippen LogP contribution is -2.13. The van der Waals surface area contributed by atoms with Gasteiger partial charge in [-0.25, -0.2) is 4.39 Å². The molecule has 0 aliphatic heterocycles. The van der Waals surface area contributed by atoms with Gasteiger partial charge in [0.25, 0.3) is 0 Å². The van der Waals surface area contributed by atoms with Crippen LogP contribution in [0.4, 0.5) is 4.39 Å². The first-order valence-electron chi connectivity index (χ1n) is 5.18. The van der Waals surface area contributed by atoms with Gasteiger partial charge in [-0.2, -0.15) is 0 Å². The number of hydrogen-bond donors (Lipinski definition) is 1. The number of aliphatic carboxylic acids is 1. The van der Waals surface area contributed by atoms with Crippen molar-refractivity contribution in [3.63, 3.8) is 0 Å². The lowest BCUT2D eigenvalue weighted by molar-refractivity contribution is -0.141. The first-order chi connectivity index (χ1) is 7.54. The Kier molecular flexibility index (Phi) is 4.28. The summed E-state index contributed by atoms with van der Waals surface area (Å²) >= 11 is 0. The summed E-state index contributed by atoms with van der Waals surface area (Å²) in [5.41, 5.74) is 0.376. The predicted octanol–water partition coefficient (Wildman–Crippen LogP) is 2.49. The molecule has 1 atom stereocenters. The molecule has 0 saturated carbocycles. The molecule has 0 bridgehead atoms. The van der Waals surface area contributed by atoms with Crippen LogP contribution < -0.4 is 4.74 Å². The van der Waals surface area contributed by atoms with Gasteiger partial charge in [0.15, 0.2) is 0 Å². The van der Waals surface area contributed by atoms with Crippen LogP contribution in [0.3, 0.4) is 0 Å². The van der Waals surface area contributed by atoms with Crippen molar-refractivity contribution in [1.29, 1.82) is 0 Å². The van der Waals surface area contributed by atoms with Gasteiger partial charge in [-0.3, -0.25) is 4.79 Å². The van der Waals surface area contributed by atoms with Crippen LogP contribution in [0.2, 0.25) is 0 Å². The number of carboxylic acids is 1. The third-order valence-electron chi connectivity index (χ3n) is 2.28. The molecule has 0 aliphatic carbocycles. The second kappa shape index (κ2) is 5.49. The summed E-state index contributed by atoms with van der Waals surface area (Å²) in [6.07, 6.45) is 0.169. The quantitative estimate of drug-likeness (QED) is 0.839. The van der Waals surface area contributed by atoms with Crippen LogP contribution in [0.25, 0.3) is 0 Å². The highest BCUT2D eigenvalue weighted by atomic mass is 19.1. The van der Waals surface area contributed by atoms with E-state index < -0.39 is 17.7 Å². The fourth-order valence-corrected chi connectivity index (χ4v) is 1.38. The van der Waals surface area contributed by atoms with Crippen LogP contribution in [0.5, 0.6) is 5.75 Å². The average molecular weight is 226 g/mol. The molecule has 0 saturated heterocycles. The van der Waals surface area contributed by atoms with Crippen molar-refractivity contribution >= 4 is 5.97 Å². The van der Waals surface area contributed by atoms with E-state index in [0.29, 0.717) is 17.9 Å². The van der Waals surface area contributed by atoms with Gasteiger partial charge in [-0.15, -0.1) is 0 Å². The molecule has 0 aromatic heterocycles. The number of rotatable bonds is 5. The van der Waals surface area contributed by atoms with E-state index in [1.54, 1.807) is 13.0 Å². The van der Waals surface area contributed by atoms with Gasteiger partial charge in [-0.1, -0.05) is 6.92 Å². The molecule has 3 nitrogen and oxygen atoms in total. The minimum absolute atomic E-state index is 0.169. The van der Waals surface area contributed by atoms with Crippen LogP contribution in [0.1, 0.15) is 19.4 Å². The van der Waals surface area contributed by atoms with E-state index in [4.69, 9.17) is 9.84 Å². The number of benzene rings is 1. The van der Waals surface area contributed by atoms with Crippen LogP contribution in [-0.2, 0) is 11.2 Å². The lowest BCUT2D eigenvalue weighted by atomic mass is 10.0. The largest absolute Gasteiger partial charge is 0.494 e. The van der Waals surface area contributed by atoms with Gasteiger partial charge in [0.1, 0.15) is 11.6 Å². The second-order valence-corrected chi connectivity index (χ2v) is 3.63. The van der Waals surface area contributed by atoms with E-state index in [1.165, 1.54) is 12.1 Å². The lowest BCUT2D eigenvalue weighted by Gasteiger charge is -2.09. The van der Waals surface area contributed by atoms with Crippen LogP contribution in [0.15, 0.2) is 18.2 Å². The SMILES string of the molecule is CCOc1ccc(F)c(CC(C)C(=O)O)c1. The van der Waals surface area contributed by atoms with Crippen molar-refractivity contribution in [3.05, 3.63) is 29.6 Å². The predicted molar refractivity (Wildman–Crippen MR) is 58.1 cm³/mol. The van der Waals surface area contributed by atoms with Crippen LogP contribution >= 0.6 is 0 Å². The van der Waals surface area contributed by atoms with Gasteiger partial charge in [-0.05, 0) is 37.1 Å². The molecule has 1 aromatic rings. The maximum atomic E-state index is 13.4. The van der Waals surface area contributed by atoms with E-state index in [-0.39, 0.29) is 6.42 Å². The molecule has 1 unspecified atom stereocenters. The molecule has 1 aromatic carbocycles. The molecule has 0 radical (unpaired) electrons.